The lowest BCUT2D eigenvalue weighted by Crippen LogP contribution is -2.13. The molecule has 5 heteroatoms. The molecule has 88 valence electrons. The number of methoxy groups -OCH3 is 1. The summed E-state index contributed by atoms with van der Waals surface area (Å²) in [6, 6.07) is 7.30. The standard InChI is InChI=1S/C12H13N3O2/c1-17-8-4-2-7(3-5-8)9-6-15-11(13)10(9)12(14)16/h2-6,15H,13H2,1H3,(H2,14,16). The van der Waals surface area contributed by atoms with Crippen LogP contribution in [0.3, 0.4) is 0 Å². The average molecular weight is 231 g/mol. The van der Waals surface area contributed by atoms with E-state index in [2.05, 4.69) is 4.98 Å². The van der Waals surface area contributed by atoms with Gasteiger partial charge in [0.15, 0.2) is 0 Å². The van der Waals surface area contributed by atoms with Crippen LogP contribution in [0.4, 0.5) is 5.82 Å². The maximum atomic E-state index is 11.3. The van der Waals surface area contributed by atoms with Crippen LogP contribution in [-0.2, 0) is 0 Å². The fourth-order valence-electron chi connectivity index (χ4n) is 1.70. The van der Waals surface area contributed by atoms with Crippen LogP contribution in [0, 0.1) is 0 Å². The van der Waals surface area contributed by atoms with Crippen molar-refractivity contribution in [3.63, 3.8) is 0 Å². The Morgan fingerprint density at radius 1 is 1.29 bits per heavy atom. The van der Waals surface area contributed by atoms with Crippen molar-refractivity contribution < 1.29 is 9.53 Å². The Morgan fingerprint density at radius 2 is 1.94 bits per heavy atom. The lowest BCUT2D eigenvalue weighted by Gasteiger charge is -2.03. The molecule has 0 aliphatic heterocycles. The second kappa shape index (κ2) is 4.21. The van der Waals surface area contributed by atoms with Crippen molar-refractivity contribution in [1.29, 1.82) is 0 Å². The molecule has 0 aliphatic rings. The minimum atomic E-state index is -0.547. The number of nitrogens with two attached hydrogens (primary N) is 2. The molecule has 2 aromatic rings. The summed E-state index contributed by atoms with van der Waals surface area (Å²) >= 11 is 0. The minimum absolute atomic E-state index is 0.281. The summed E-state index contributed by atoms with van der Waals surface area (Å²) in [6.45, 7) is 0. The molecule has 17 heavy (non-hydrogen) atoms. The number of ether oxygens (including phenoxy) is 1. The highest BCUT2D eigenvalue weighted by molar-refractivity contribution is 6.04. The highest BCUT2D eigenvalue weighted by atomic mass is 16.5. The van der Waals surface area contributed by atoms with Crippen molar-refractivity contribution in [2.45, 2.75) is 0 Å². The van der Waals surface area contributed by atoms with Crippen LogP contribution in [0.25, 0.3) is 11.1 Å². The number of carbonyl (C=O) groups excluding carboxylic acids is 1. The first-order chi connectivity index (χ1) is 8.13. The maximum absolute atomic E-state index is 11.3. The van der Waals surface area contributed by atoms with Gasteiger partial charge in [-0.3, -0.25) is 4.79 Å². The number of aromatic amines is 1. The van der Waals surface area contributed by atoms with Gasteiger partial charge in [0, 0.05) is 11.8 Å². The largest absolute Gasteiger partial charge is 0.497 e. The van der Waals surface area contributed by atoms with Crippen molar-refractivity contribution >= 4 is 11.7 Å². The van der Waals surface area contributed by atoms with E-state index in [9.17, 15) is 4.79 Å². The monoisotopic (exact) mass is 231 g/mol. The molecule has 0 spiro atoms. The first kappa shape index (κ1) is 11.1. The van der Waals surface area contributed by atoms with Crippen LogP contribution in [0.15, 0.2) is 30.5 Å². The van der Waals surface area contributed by atoms with Crippen LogP contribution in [0.2, 0.25) is 0 Å². The molecule has 0 saturated carbocycles. The number of nitrogens with one attached hydrogen (secondary N) is 1. The van der Waals surface area contributed by atoms with Gasteiger partial charge >= 0.3 is 0 Å². The zero-order valence-electron chi connectivity index (χ0n) is 9.36. The molecule has 1 heterocycles. The second-order valence-electron chi connectivity index (χ2n) is 3.58. The first-order valence-electron chi connectivity index (χ1n) is 5.04. The fraction of sp³-hybridized carbons (Fsp3) is 0.0833. The van der Waals surface area contributed by atoms with E-state index in [1.54, 1.807) is 13.3 Å². The quantitative estimate of drug-likeness (QED) is 0.744. The zero-order valence-corrected chi connectivity index (χ0v) is 9.36. The minimum Gasteiger partial charge on any atom is -0.497 e. The average Bonchev–Trinajstić information content (AvgIpc) is 2.71. The summed E-state index contributed by atoms with van der Waals surface area (Å²) in [4.78, 5) is 14.1. The molecule has 0 bridgehead atoms. The highest BCUT2D eigenvalue weighted by Gasteiger charge is 2.15. The summed E-state index contributed by atoms with van der Waals surface area (Å²) in [5, 5.41) is 0. The lowest BCUT2D eigenvalue weighted by atomic mass is 10.0. The Kier molecular flexibility index (Phi) is 2.74. The van der Waals surface area contributed by atoms with Gasteiger partial charge in [0.1, 0.15) is 11.6 Å². The van der Waals surface area contributed by atoms with E-state index < -0.39 is 5.91 Å². The summed E-state index contributed by atoms with van der Waals surface area (Å²) in [5.74, 6) is 0.482. The van der Waals surface area contributed by atoms with Crippen molar-refractivity contribution in [2.75, 3.05) is 12.8 Å². The van der Waals surface area contributed by atoms with Gasteiger partial charge in [0.2, 0.25) is 0 Å². The van der Waals surface area contributed by atoms with Crippen molar-refractivity contribution in [1.82, 2.24) is 4.98 Å². The van der Waals surface area contributed by atoms with E-state index in [0.29, 0.717) is 11.1 Å². The first-order valence-corrected chi connectivity index (χ1v) is 5.04. The van der Waals surface area contributed by atoms with Gasteiger partial charge in [-0.1, -0.05) is 12.1 Å². The van der Waals surface area contributed by atoms with Gasteiger partial charge in [-0.15, -0.1) is 0 Å². The Morgan fingerprint density at radius 3 is 2.47 bits per heavy atom. The normalized spacial score (nSPS) is 10.2. The Bertz CT molecular complexity index is 543. The van der Waals surface area contributed by atoms with Crippen molar-refractivity contribution in [2.24, 2.45) is 5.73 Å². The van der Waals surface area contributed by atoms with Gasteiger partial charge in [0.25, 0.3) is 5.91 Å². The molecule has 0 aliphatic carbocycles. The summed E-state index contributed by atoms with van der Waals surface area (Å²) in [5.41, 5.74) is 12.8. The van der Waals surface area contributed by atoms with Crippen LogP contribution < -0.4 is 16.2 Å². The number of nitrogen functional groups attached to an aromatic ring is 1. The Balaban J connectivity index is 2.49. The number of amides is 1. The third kappa shape index (κ3) is 1.94. The van der Waals surface area contributed by atoms with Gasteiger partial charge in [0.05, 0.1) is 12.7 Å². The second-order valence-corrected chi connectivity index (χ2v) is 3.58. The van der Waals surface area contributed by atoms with Crippen LogP contribution in [0.5, 0.6) is 5.75 Å². The molecule has 5 nitrogen and oxygen atoms in total. The predicted octanol–water partition coefficient (Wildman–Crippen LogP) is 1.37. The van der Waals surface area contributed by atoms with Crippen LogP contribution in [-0.4, -0.2) is 18.0 Å². The van der Waals surface area contributed by atoms with Gasteiger partial charge in [-0.25, -0.2) is 0 Å². The van der Waals surface area contributed by atoms with Gasteiger partial charge < -0.3 is 21.2 Å². The van der Waals surface area contributed by atoms with Crippen LogP contribution >= 0.6 is 0 Å². The van der Waals surface area contributed by atoms with E-state index in [1.807, 2.05) is 24.3 Å². The summed E-state index contributed by atoms with van der Waals surface area (Å²) in [7, 11) is 1.60. The topological polar surface area (TPSA) is 94.1 Å². The number of H-pyrrole nitrogens is 1. The van der Waals surface area contributed by atoms with Crippen molar-refractivity contribution in [3.05, 3.63) is 36.0 Å². The number of anilines is 1. The molecule has 0 unspecified atom stereocenters. The summed E-state index contributed by atoms with van der Waals surface area (Å²) in [6.07, 6.45) is 1.66. The maximum Gasteiger partial charge on any atom is 0.253 e. The highest BCUT2D eigenvalue weighted by Crippen LogP contribution is 2.28. The molecular weight excluding hydrogens is 218 g/mol. The number of hydrogen-bond donors (Lipinski definition) is 3. The molecule has 0 radical (unpaired) electrons. The third-order valence-corrected chi connectivity index (χ3v) is 2.56. The van der Waals surface area contributed by atoms with E-state index in [-0.39, 0.29) is 5.82 Å². The van der Waals surface area contributed by atoms with E-state index in [1.165, 1.54) is 0 Å². The number of rotatable bonds is 3. The smallest absolute Gasteiger partial charge is 0.253 e. The summed E-state index contributed by atoms with van der Waals surface area (Å²) < 4.78 is 5.06. The molecule has 2 rings (SSSR count). The molecule has 5 N–H and O–H groups in total. The van der Waals surface area contributed by atoms with Crippen LogP contribution in [0.1, 0.15) is 10.4 Å². The molecule has 0 atom stereocenters. The van der Waals surface area contributed by atoms with Gasteiger partial charge in [-0.05, 0) is 17.7 Å². The number of aromatic nitrogens is 1. The lowest BCUT2D eigenvalue weighted by molar-refractivity contribution is 0.100. The van der Waals surface area contributed by atoms with E-state index in [0.717, 1.165) is 11.3 Å². The van der Waals surface area contributed by atoms with E-state index in [4.69, 9.17) is 16.2 Å². The number of benzene rings is 1. The molecule has 1 amide bonds. The SMILES string of the molecule is COc1ccc(-c2c[nH]c(N)c2C(N)=O)cc1. The molecule has 1 aromatic carbocycles. The van der Waals surface area contributed by atoms with E-state index >= 15 is 0 Å². The Labute approximate surface area is 98.4 Å². The van der Waals surface area contributed by atoms with Crippen molar-refractivity contribution in [3.8, 4) is 16.9 Å². The third-order valence-electron chi connectivity index (χ3n) is 2.56. The Hall–Kier alpha value is -2.43. The molecular formula is C12H13N3O2. The molecule has 1 aromatic heterocycles. The molecule has 0 saturated heterocycles. The van der Waals surface area contributed by atoms with Gasteiger partial charge in [-0.2, -0.15) is 0 Å². The predicted molar refractivity (Wildman–Crippen MR) is 65.7 cm³/mol. The number of primary amides is 1. The fourth-order valence-corrected chi connectivity index (χ4v) is 1.70. The number of hydrogen-bond acceptors (Lipinski definition) is 3. The molecule has 0 fully saturated rings. The zero-order chi connectivity index (χ0) is 12.4. The number of carbonyl (C=O) groups is 1.